The van der Waals surface area contributed by atoms with E-state index in [-0.39, 0.29) is 5.43 Å². The molecule has 1 aliphatic rings. The van der Waals surface area contributed by atoms with Crippen molar-refractivity contribution in [2.75, 3.05) is 20.4 Å². The highest BCUT2D eigenvalue weighted by atomic mass is 35.5. The first-order valence-corrected chi connectivity index (χ1v) is 11.7. The summed E-state index contributed by atoms with van der Waals surface area (Å²) >= 11 is 12.3. The Kier molecular flexibility index (Phi) is 6.26. The molecule has 7 heteroatoms. The van der Waals surface area contributed by atoms with Gasteiger partial charge in [0.15, 0.2) is 0 Å². The first-order valence-electron chi connectivity index (χ1n) is 11.0. The smallest absolute Gasteiger partial charge is 0.200 e. The molecule has 0 spiro atoms. The number of hydrogen-bond donors (Lipinski definition) is 0. The number of nitrogens with zero attached hydrogens (tertiary/aromatic N) is 1. The molecule has 0 saturated heterocycles. The Bertz CT molecular complexity index is 1430. The number of halogens is 2. The van der Waals surface area contributed by atoms with Crippen LogP contribution in [0.3, 0.4) is 0 Å². The van der Waals surface area contributed by atoms with Crippen LogP contribution in [0, 0.1) is 6.92 Å². The molecule has 0 saturated carbocycles. The van der Waals surface area contributed by atoms with Crippen LogP contribution in [-0.2, 0) is 13.0 Å². The minimum atomic E-state index is -0.0585. The van der Waals surface area contributed by atoms with E-state index in [0.717, 1.165) is 41.2 Å². The lowest BCUT2D eigenvalue weighted by atomic mass is 10.0. The summed E-state index contributed by atoms with van der Waals surface area (Å²) in [6.45, 7) is 3.63. The van der Waals surface area contributed by atoms with E-state index in [4.69, 9.17) is 37.1 Å². The van der Waals surface area contributed by atoms with Crippen molar-refractivity contribution in [2.45, 2.75) is 19.9 Å². The van der Waals surface area contributed by atoms with Crippen molar-refractivity contribution in [3.63, 3.8) is 0 Å². The molecule has 0 aliphatic carbocycles. The maximum absolute atomic E-state index is 13.5. The largest absolute Gasteiger partial charge is 0.497 e. The van der Waals surface area contributed by atoms with E-state index >= 15 is 0 Å². The average Bonchev–Trinajstić information content (AvgIpc) is 2.84. The maximum Gasteiger partial charge on any atom is 0.200 e. The van der Waals surface area contributed by atoms with Gasteiger partial charge in [0.1, 0.15) is 29.6 Å². The summed E-state index contributed by atoms with van der Waals surface area (Å²) in [5.74, 6) is 2.05. The van der Waals surface area contributed by atoms with Gasteiger partial charge in [-0.25, -0.2) is 0 Å². The van der Waals surface area contributed by atoms with Gasteiger partial charge < -0.3 is 13.9 Å². The molecule has 5 rings (SSSR count). The fraction of sp³-hybridized carbons (Fsp3) is 0.222. The first-order chi connectivity index (χ1) is 16.4. The molecular formula is C27H23Cl2NO4. The molecule has 174 valence electrons. The van der Waals surface area contributed by atoms with Gasteiger partial charge in [-0.15, -0.1) is 0 Å². The fourth-order valence-electron chi connectivity index (χ4n) is 4.36. The van der Waals surface area contributed by atoms with E-state index in [2.05, 4.69) is 4.90 Å². The van der Waals surface area contributed by atoms with Crippen LogP contribution in [0.25, 0.3) is 22.1 Å². The van der Waals surface area contributed by atoms with Crippen LogP contribution in [0.4, 0.5) is 0 Å². The Balaban J connectivity index is 1.46. The van der Waals surface area contributed by atoms with Crippen LogP contribution in [0.2, 0.25) is 10.0 Å². The molecule has 1 aromatic heterocycles. The number of aryl methyl sites for hydroxylation is 1. The summed E-state index contributed by atoms with van der Waals surface area (Å²) in [4.78, 5) is 15.6. The Hall–Kier alpha value is -2.99. The molecule has 0 N–H and O–H groups in total. The van der Waals surface area contributed by atoms with Gasteiger partial charge in [0.05, 0.1) is 23.6 Å². The summed E-state index contributed by atoms with van der Waals surface area (Å²) < 4.78 is 17.5. The molecule has 0 fully saturated rings. The molecule has 4 aromatic rings. The lowest BCUT2D eigenvalue weighted by Gasteiger charge is -2.29. The summed E-state index contributed by atoms with van der Waals surface area (Å²) in [5, 5.41) is 1.82. The van der Waals surface area contributed by atoms with E-state index in [0.29, 0.717) is 45.6 Å². The van der Waals surface area contributed by atoms with Crippen molar-refractivity contribution in [2.24, 2.45) is 0 Å². The Morgan fingerprint density at radius 1 is 1.06 bits per heavy atom. The van der Waals surface area contributed by atoms with E-state index < -0.39 is 0 Å². The molecule has 0 bridgehead atoms. The highest BCUT2D eigenvalue weighted by molar-refractivity contribution is 6.35. The van der Waals surface area contributed by atoms with Crippen molar-refractivity contribution >= 4 is 34.2 Å². The van der Waals surface area contributed by atoms with Crippen molar-refractivity contribution in [1.29, 1.82) is 0 Å². The van der Waals surface area contributed by atoms with Crippen LogP contribution in [0.1, 0.15) is 16.9 Å². The Labute approximate surface area is 207 Å². The molecular weight excluding hydrogens is 473 g/mol. The lowest BCUT2D eigenvalue weighted by molar-refractivity contribution is 0.0968. The monoisotopic (exact) mass is 495 g/mol. The summed E-state index contributed by atoms with van der Waals surface area (Å²) in [7, 11) is 1.61. The van der Waals surface area contributed by atoms with Crippen molar-refractivity contribution in [1.82, 2.24) is 4.90 Å². The third-order valence-electron chi connectivity index (χ3n) is 6.17. The third kappa shape index (κ3) is 4.27. The Morgan fingerprint density at radius 3 is 2.59 bits per heavy atom. The molecule has 0 amide bonds. The summed E-state index contributed by atoms with van der Waals surface area (Å²) in [6.07, 6.45) is 0.754. The number of methoxy groups -OCH3 is 1. The molecule has 3 aromatic carbocycles. The van der Waals surface area contributed by atoms with Crippen LogP contribution in [0.5, 0.6) is 11.5 Å². The Morgan fingerprint density at radius 2 is 1.85 bits per heavy atom. The normalized spacial score (nSPS) is 13.5. The number of hydrogen-bond acceptors (Lipinski definition) is 5. The second-order valence-electron chi connectivity index (χ2n) is 8.32. The van der Waals surface area contributed by atoms with Crippen molar-refractivity contribution in [3.05, 3.63) is 91.8 Å². The van der Waals surface area contributed by atoms with Gasteiger partial charge in [0.25, 0.3) is 0 Å². The lowest BCUT2D eigenvalue weighted by Crippen LogP contribution is -2.34. The predicted molar refractivity (Wildman–Crippen MR) is 135 cm³/mol. The standard InChI is InChI=1S/C27H23Cl2NO4/c1-16-25(18-4-7-20(32-2)8-5-18)26(31)21-9-10-24-22(27(21)34-16)14-30(15-33-24)12-11-17-3-6-19(28)13-23(17)29/h3-10,13H,11-12,14-15H2,1-2H3. The molecule has 5 nitrogen and oxygen atoms in total. The molecule has 0 unspecified atom stereocenters. The first kappa shape index (κ1) is 22.8. The minimum Gasteiger partial charge on any atom is -0.497 e. The molecule has 34 heavy (non-hydrogen) atoms. The third-order valence-corrected chi connectivity index (χ3v) is 6.76. The van der Waals surface area contributed by atoms with Crippen LogP contribution in [0.15, 0.2) is 63.8 Å². The number of ether oxygens (including phenoxy) is 2. The second-order valence-corrected chi connectivity index (χ2v) is 9.17. The van der Waals surface area contributed by atoms with Crippen molar-refractivity contribution in [3.8, 4) is 22.6 Å². The summed E-state index contributed by atoms with van der Waals surface area (Å²) in [5.41, 5.74) is 3.78. The van der Waals surface area contributed by atoms with Crippen LogP contribution < -0.4 is 14.9 Å². The predicted octanol–water partition coefficient (Wildman–Crippen LogP) is 6.48. The zero-order chi connectivity index (χ0) is 23.8. The van der Waals surface area contributed by atoms with Crippen molar-refractivity contribution < 1.29 is 13.9 Å². The van der Waals surface area contributed by atoms with E-state index in [1.165, 1.54) is 0 Å². The van der Waals surface area contributed by atoms with Gasteiger partial charge >= 0.3 is 0 Å². The molecule has 0 atom stereocenters. The van der Waals surface area contributed by atoms with E-state index in [1.807, 2.05) is 49.4 Å². The quantitative estimate of drug-likeness (QED) is 0.317. The number of fused-ring (bicyclic) bond motifs is 3. The SMILES string of the molecule is COc1ccc(-c2c(C)oc3c4c(ccc3c2=O)OCN(CCc2ccc(Cl)cc2Cl)C4)cc1. The van der Waals surface area contributed by atoms with Gasteiger partial charge in [-0.05, 0) is 60.9 Å². The minimum absolute atomic E-state index is 0.0585. The number of benzene rings is 3. The molecule has 0 radical (unpaired) electrons. The maximum atomic E-state index is 13.5. The molecule has 1 aliphatic heterocycles. The van der Waals surface area contributed by atoms with Crippen LogP contribution >= 0.6 is 23.2 Å². The van der Waals surface area contributed by atoms with Gasteiger partial charge in [-0.1, -0.05) is 41.4 Å². The van der Waals surface area contributed by atoms with Gasteiger partial charge in [-0.3, -0.25) is 9.69 Å². The fourth-order valence-corrected chi connectivity index (χ4v) is 4.86. The zero-order valence-electron chi connectivity index (χ0n) is 18.9. The second kappa shape index (κ2) is 9.34. The van der Waals surface area contributed by atoms with E-state index in [9.17, 15) is 4.79 Å². The molecule has 2 heterocycles. The van der Waals surface area contributed by atoms with Crippen LogP contribution in [-0.4, -0.2) is 25.3 Å². The van der Waals surface area contributed by atoms with Gasteiger partial charge in [-0.2, -0.15) is 0 Å². The van der Waals surface area contributed by atoms with E-state index in [1.54, 1.807) is 19.2 Å². The highest BCUT2D eigenvalue weighted by Crippen LogP contribution is 2.34. The summed E-state index contributed by atoms with van der Waals surface area (Å²) in [6, 6.07) is 16.6. The topological polar surface area (TPSA) is 51.9 Å². The van der Waals surface area contributed by atoms with Gasteiger partial charge in [0.2, 0.25) is 5.43 Å². The zero-order valence-corrected chi connectivity index (χ0v) is 20.4. The van der Waals surface area contributed by atoms with Gasteiger partial charge in [0, 0.05) is 23.1 Å². The highest BCUT2D eigenvalue weighted by Gasteiger charge is 2.24. The average molecular weight is 496 g/mol. The number of rotatable bonds is 5.